The summed E-state index contributed by atoms with van der Waals surface area (Å²) < 4.78 is 5.95. The van der Waals surface area contributed by atoms with Gasteiger partial charge in [0.2, 0.25) is 0 Å². The average molecular weight is 289 g/mol. The van der Waals surface area contributed by atoms with Crippen molar-refractivity contribution < 1.29 is 4.74 Å². The molecule has 0 spiro atoms. The van der Waals surface area contributed by atoms with E-state index in [1.54, 1.807) is 0 Å². The van der Waals surface area contributed by atoms with Crippen LogP contribution in [0.5, 0.6) is 5.75 Å². The first-order valence-electron chi connectivity index (χ1n) is 8.79. The van der Waals surface area contributed by atoms with Crippen LogP contribution in [0.25, 0.3) is 0 Å². The van der Waals surface area contributed by atoms with Gasteiger partial charge >= 0.3 is 0 Å². The van der Waals surface area contributed by atoms with Crippen LogP contribution in [0.1, 0.15) is 70.0 Å². The van der Waals surface area contributed by atoms with Gasteiger partial charge in [0, 0.05) is 18.0 Å². The zero-order valence-corrected chi connectivity index (χ0v) is 14.0. The van der Waals surface area contributed by atoms with Crippen LogP contribution in [0.15, 0.2) is 18.2 Å². The molecular weight excluding hydrogens is 258 g/mol. The lowest BCUT2D eigenvalue weighted by molar-refractivity contribution is 0.304. The van der Waals surface area contributed by atoms with Gasteiger partial charge < -0.3 is 10.1 Å². The number of nitrogens with one attached hydrogen (secondary N) is 1. The third-order valence-corrected chi connectivity index (χ3v) is 4.62. The molecule has 118 valence electrons. The van der Waals surface area contributed by atoms with Gasteiger partial charge in [-0.15, -0.1) is 0 Å². The quantitative estimate of drug-likeness (QED) is 0.699. The number of fused-ring (bicyclic) bond motifs is 1. The highest BCUT2D eigenvalue weighted by atomic mass is 16.5. The third kappa shape index (κ3) is 4.00. The number of benzene rings is 1. The lowest BCUT2D eigenvalue weighted by Crippen LogP contribution is -2.29. The molecule has 1 aliphatic heterocycles. The van der Waals surface area contributed by atoms with Gasteiger partial charge in [-0.25, -0.2) is 0 Å². The first-order chi connectivity index (χ1) is 10.3. The molecule has 2 rings (SSSR count). The molecule has 1 aromatic rings. The first-order valence-corrected chi connectivity index (χ1v) is 8.79. The van der Waals surface area contributed by atoms with E-state index in [1.165, 1.54) is 49.0 Å². The summed E-state index contributed by atoms with van der Waals surface area (Å²) in [4.78, 5) is 0. The van der Waals surface area contributed by atoms with E-state index >= 15 is 0 Å². The minimum atomic E-state index is 0.439. The van der Waals surface area contributed by atoms with E-state index in [1.807, 2.05) is 0 Å². The molecule has 2 atom stereocenters. The highest BCUT2D eigenvalue weighted by molar-refractivity contribution is 5.45. The Labute approximate surface area is 130 Å². The number of hydrogen-bond acceptors (Lipinski definition) is 2. The zero-order valence-electron chi connectivity index (χ0n) is 14.0. The number of hydrogen-bond donors (Lipinski definition) is 1. The SMILES string of the molecule is CCCCC(CC)C(NCCC)c1cccc2c1OCC2. The van der Waals surface area contributed by atoms with Gasteiger partial charge in [-0.3, -0.25) is 0 Å². The van der Waals surface area contributed by atoms with Crippen LogP contribution < -0.4 is 10.1 Å². The fraction of sp³-hybridized carbons (Fsp3) is 0.684. The molecular formula is C19H31NO. The monoisotopic (exact) mass is 289 g/mol. The fourth-order valence-electron chi connectivity index (χ4n) is 3.39. The summed E-state index contributed by atoms with van der Waals surface area (Å²) in [5, 5.41) is 3.80. The standard InChI is InChI=1S/C19H31NO/c1-4-7-9-15(6-3)18(20-13-5-2)17-11-8-10-16-12-14-21-19(16)17/h8,10-11,15,18,20H,4-7,9,12-14H2,1-3H3. The van der Waals surface area contributed by atoms with Crippen molar-refractivity contribution in [1.29, 1.82) is 0 Å². The molecule has 0 aromatic heterocycles. The summed E-state index contributed by atoms with van der Waals surface area (Å²) in [6.07, 6.45) is 7.37. The van der Waals surface area contributed by atoms with E-state index in [0.29, 0.717) is 12.0 Å². The Hall–Kier alpha value is -1.02. The summed E-state index contributed by atoms with van der Waals surface area (Å²) in [5.41, 5.74) is 2.78. The Kier molecular flexibility index (Phi) is 6.56. The molecule has 0 bridgehead atoms. The largest absolute Gasteiger partial charge is 0.493 e. The Morgan fingerprint density at radius 3 is 2.76 bits per heavy atom. The zero-order chi connectivity index (χ0) is 15.1. The summed E-state index contributed by atoms with van der Waals surface area (Å²) in [6, 6.07) is 7.13. The Morgan fingerprint density at radius 2 is 2.05 bits per heavy atom. The Bertz CT molecular complexity index is 430. The second kappa shape index (κ2) is 8.43. The molecule has 0 fully saturated rings. The summed E-state index contributed by atoms with van der Waals surface area (Å²) >= 11 is 0. The summed E-state index contributed by atoms with van der Waals surface area (Å²) in [6.45, 7) is 8.77. The maximum atomic E-state index is 5.95. The van der Waals surface area contributed by atoms with Gasteiger partial charge in [0.05, 0.1) is 6.61 Å². The molecule has 1 heterocycles. The molecule has 0 amide bonds. The van der Waals surface area contributed by atoms with Crippen molar-refractivity contribution in [3.05, 3.63) is 29.3 Å². The van der Waals surface area contributed by atoms with Crippen LogP contribution in [0.4, 0.5) is 0 Å². The van der Waals surface area contributed by atoms with Gasteiger partial charge in [-0.1, -0.05) is 58.2 Å². The van der Waals surface area contributed by atoms with Crippen LogP contribution >= 0.6 is 0 Å². The van der Waals surface area contributed by atoms with Crippen molar-refractivity contribution in [3.8, 4) is 5.75 Å². The van der Waals surface area contributed by atoms with E-state index in [0.717, 1.165) is 19.6 Å². The molecule has 0 saturated heterocycles. The number of ether oxygens (including phenoxy) is 1. The predicted octanol–water partition coefficient (Wildman–Crippen LogP) is 4.88. The van der Waals surface area contributed by atoms with Crippen molar-refractivity contribution >= 4 is 0 Å². The molecule has 2 unspecified atom stereocenters. The van der Waals surface area contributed by atoms with Crippen LogP contribution in [0.2, 0.25) is 0 Å². The minimum Gasteiger partial charge on any atom is -0.493 e. The molecule has 1 aliphatic rings. The summed E-state index contributed by atoms with van der Waals surface area (Å²) in [7, 11) is 0. The number of para-hydroxylation sites is 1. The van der Waals surface area contributed by atoms with Crippen molar-refractivity contribution in [2.24, 2.45) is 5.92 Å². The molecule has 1 aromatic carbocycles. The normalized spacial score (nSPS) is 16.3. The molecule has 2 nitrogen and oxygen atoms in total. The predicted molar refractivity (Wildman–Crippen MR) is 90.0 cm³/mol. The van der Waals surface area contributed by atoms with Crippen molar-refractivity contribution in [3.63, 3.8) is 0 Å². The Balaban J connectivity index is 2.24. The van der Waals surface area contributed by atoms with Crippen LogP contribution in [0, 0.1) is 5.92 Å². The van der Waals surface area contributed by atoms with Crippen LogP contribution in [-0.2, 0) is 6.42 Å². The van der Waals surface area contributed by atoms with E-state index in [2.05, 4.69) is 44.3 Å². The maximum Gasteiger partial charge on any atom is 0.127 e. The second-order valence-electron chi connectivity index (χ2n) is 6.18. The highest BCUT2D eigenvalue weighted by Gasteiger charge is 2.26. The van der Waals surface area contributed by atoms with Gasteiger partial charge in [0.1, 0.15) is 5.75 Å². The average Bonchev–Trinajstić information content (AvgIpc) is 2.99. The highest BCUT2D eigenvalue weighted by Crippen LogP contribution is 2.38. The first kappa shape index (κ1) is 16.4. The van der Waals surface area contributed by atoms with Gasteiger partial charge in [-0.05, 0) is 30.9 Å². The minimum absolute atomic E-state index is 0.439. The topological polar surface area (TPSA) is 21.3 Å². The van der Waals surface area contributed by atoms with Crippen molar-refractivity contribution in [2.45, 2.75) is 65.3 Å². The third-order valence-electron chi connectivity index (χ3n) is 4.62. The van der Waals surface area contributed by atoms with E-state index in [4.69, 9.17) is 4.74 Å². The smallest absolute Gasteiger partial charge is 0.127 e. The Morgan fingerprint density at radius 1 is 1.19 bits per heavy atom. The van der Waals surface area contributed by atoms with Crippen LogP contribution in [-0.4, -0.2) is 13.2 Å². The van der Waals surface area contributed by atoms with Crippen LogP contribution in [0.3, 0.4) is 0 Å². The van der Waals surface area contributed by atoms with Crippen molar-refractivity contribution in [2.75, 3.05) is 13.2 Å². The van der Waals surface area contributed by atoms with Gasteiger partial charge in [0.25, 0.3) is 0 Å². The molecule has 0 radical (unpaired) electrons. The second-order valence-corrected chi connectivity index (χ2v) is 6.18. The fourth-order valence-corrected chi connectivity index (χ4v) is 3.39. The van der Waals surface area contributed by atoms with Gasteiger partial charge in [0.15, 0.2) is 0 Å². The summed E-state index contributed by atoms with van der Waals surface area (Å²) in [5.74, 6) is 1.87. The molecule has 21 heavy (non-hydrogen) atoms. The number of unbranched alkanes of at least 4 members (excludes halogenated alkanes) is 1. The lowest BCUT2D eigenvalue weighted by atomic mass is 9.85. The molecule has 2 heteroatoms. The molecule has 0 aliphatic carbocycles. The van der Waals surface area contributed by atoms with E-state index < -0.39 is 0 Å². The molecule has 1 N–H and O–H groups in total. The van der Waals surface area contributed by atoms with Gasteiger partial charge in [-0.2, -0.15) is 0 Å². The lowest BCUT2D eigenvalue weighted by Gasteiger charge is -2.29. The van der Waals surface area contributed by atoms with E-state index in [9.17, 15) is 0 Å². The molecule has 0 saturated carbocycles. The van der Waals surface area contributed by atoms with E-state index in [-0.39, 0.29) is 0 Å². The maximum absolute atomic E-state index is 5.95. The van der Waals surface area contributed by atoms with Crippen molar-refractivity contribution in [1.82, 2.24) is 5.32 Å². The number of rotatable bonds is 9.